The van der Waals surface area contributed by atoms with Crippen molar-refractivity contribution in [2.24, 2.45) is 5.92 Å². The number of benzene rings is 2. The Morgan fingerprint density at radius 3 is 2.53 bits per heavy atom. The molecule has 32 heavy (non-hydrogen) atoms. The first kappa shape index (κ1) is 21.3. The highest BCUT2D eigenvalue weighted by molar-refractivity contribution is 5.95. The maximum atomic E-state index is 11.6. The Labute approximate surface area is 186 Å². The fraction of sp³-hybridized carbons (Fsp3) is 0.250. The number of nitrogens with one attached hydrogen (secondary N) is 2. The monoisotopic (exact) mass is 430 g/mol. The standard InChI is InChI=1S/C13H13N5O.C11H13NO/c1-8-14-7-11(19-2)13(15-8)16-12-9-5-3-4-6-10(9)17-18-12;1-12(11(13)9-7-8-9)10-5-3-2-4-6-10/h3-7H,1-2H3,(H2,14,15,16,17,18);2-6,9H,7-8H2,1H3. The fourth-order valence-corrected chi connectivity index (χ4v) is 3.25. The van der Waals surface area contributed by atoms with Crippen molar-refractivity contribution in [1.29, 1.82) is 0 Å². The van der Waals surface area contributed by atoms with Gasteiger partial charge in [-0.15, -0.1) is 0 Å². The summed E-state index contributed by atoms with van der Waals surface area (Å²) in [5.41, 5.74) is 1.95. The second kappa shape index (κ2) is 9.47. The van der Waals surface area contributed by atoms with E-state index in [1.807, 2.05) is 68.6 Å². The number of hydrogen-bond donors (Lipinski definition) is 2. The molecule has 0 spiro atoms. The lowest BCUT2D eigenvalue weighted by Crippen LogP contribution is -2.27. The summed E-state index contributed by atoms with van der Waals surface area (Å²) in [5.74, 6) is 3.12. The van der Waals surface area contributed by atoms with Crippen molar-refractivity contribution in [3.8, 4) is 5.75 Å². The van der Waals surface area contributed by atoms with Crippen LogP contribution in [-0.2, 0) is 4.79 Å². The van der Waals surface area contributed by atoms with E-state index in [0.29, 0.717) is 29.1 Å². The van der Waals surface area contributed by atoms with Crippen molar-refractivity contribution in [1.82, 2.24) is 20.2 Å². The molecule has 0 bridgehead atoms. The van der Waals surface area contributed by atoms with E-state index >= 15 is 0 Å². The zero-order chi connectivity index (χ0) is 22.5. The van der Waals surface area contributed by atoms with E-state index in [2.05, 4.69) is 25.5 Å². The number of ether oxygens (including phenoxy) is 1. The highest BCUT2D eigenvalue weighted by Gasteiger charge is 2.32. The van der Waals surface area contributed by atoms with Gasteiger partial charge < -0.3 is 15.0 Å². The average Bonchev–Trinajstić information content (AvgIpc) is 3.61. The van der Waals surface area contributed by atoms with Crippen LogP contribution >= 0.6 is 0 Å². The number of methoxy groups -OCH3 is 1. The van der Waals surface area contributed by atoms with Crippen molar-refractivity contribution in [3.05, 3.63) is 66.6 Å². The smallest absolute Gasteiger partial charge is 0.229 e. The van der Waals surface area contributed by atoms with Crippen LogP contribution < -0.4 is 15.0 Å². The predicted octanol–water partition coefficient (Wildman–Crippen LogP) is 4.47. The quantitative estimate of drug-likeness (QED) is 0.485. The van der Waals surface area contributed by atoms with Crippen molar-refractivity contribution in [2.75, 3.05) is 24.4 Å². The minimum Gasteiger partial charge on any atom is -0.491 e. The van der Waals surface area contributed by atoms with E-state index < -0.39 is 0 Å². The van der Waals surface area contributed by atoms with Crippen LogP contribution in [0.2, 0.25) is 0 Å². The third-order valence-corrected chi connectivity index (χ3v) is 5.20. The minimum atomic E-state index is 0.256. The number of anilines is 3. The number of carbonyl (C=O) groups is 1. The lowest BCUT2D eigenvalue weighted by molar-refractivity contribution is -0.119. The maximum absolute atomic E-state index is 11.6. The predicted molar refractivity (Wildman–Crippen MR) is 125 cm³/mol. The van der Waals surface area contributed by atoms with E-state index in [0.717, 1.165) is 29.4 Å². The number of amides is 1. The summed E-state index contributed by atoms with van der Waals surface area (Å²) < 4.78 is 5.24. The van der Waals surface area contributed by atoms with Gasteiger partial charge in [0, 0.05) is 24.0 Å². The van der Waals surface area contributed by atoms with Crippen LogP contribution in [0.4, 0.5) is 17.3 Å². The van der Waals surface area contributed by atoms with Gasteiger partial charge in [-0.05, 0) is 44.0 Å². The zero-order valence-corrected chi connectivity index (χ0v) is 18.4. The van der Waals surface area contributed by atoms with Crippen LogP contribution in [-0.4, -0.2) is 40.2 Å². The third-order valence-electron chi connectivity index (χ3n) is 5.20. The summed E-state index contributed by atoms with van der Waals surface area (Å²) in [5, 5.41) is 11.4. The van der Waals surface area contributed by atoms with Gasteiger partial charge in [-0.3, -0.25) is 9.89 Å². The first-order valence-electron chi connectivity index (χ1n) is 10.5. The molecule has 0 atom stereocenters. The summed E-state index contributed by atoms with van der Waals surface area (Å²) in [7, 11) is 3.43. The van der Waals surface area contributed by atoms with Gasteiger partial charge in [0.1, 0.15) is 5.82 Å². The van der Waals surface area contributed by atoms with Gasteiger partial charge in [-0.1, -0.05) is 30.3 Å². The van der Waals surface area contributed by atoms with Crippen LogP contribution in [0, 0.1) is 12.8 Å². The van der Waals surface area contributed by atoms with Crippen LogP contribution in [0.3, 0.4) is 0 Å². The molecule has 0 unspecified atom stereocenters. The van der Waals surface area contributed by atoms with E-state index in [9.17, 15) is 4.79 Å². The van der Waals surface area contributed by atoms with Gasteiger partial charge >= 0.3 is 0 Å². The molecule has 0 radical (unpaired) electrons. The first-order chi connectivity index (χ1) is 15.6. The number of aromatic nitrogens is 4. The number of para-hydroxylation sites is 2. The number of H-pyrrole nitrogens is 1. The summed E-state index contributed by atoms with van der Waals surface area (Å²) in [6.07, 6.45) is 3.77. The molecule has 1 aliphatic carbocycles. The summed E-state index contributed by atoms with van der Waals surface area (Å²) in [4.78, 5) is 21.8. The highest BCUT2D eigenvalue weighted by Crippen LogP contribution is 2.32. The fourth-order valence-electron chi connectivity index (χ4n) is 3.25. The maximum Gasteiger partial charge on any atom is 0.229 e. The number of fused-ring (bicyclic) bond motifs is 1. The molecule has 1 amide bonds. The Hall–Kier alpha value is -3.94. The molecule has 0 saturated heterocycles. The minimum absolute atomic E-state index is 0.256. The zero-order valence-electron chi connectivity index (χ0n) is 18.4. The lowest BCUT2D eigenvalue weighted by Gasteiger charge is -2.16. The Morgan fingerprint density at radius 2 is 1.81 bits per heavy atom. The van der Waals surface area contributed by atoms with Crippen molar-refractivity contribution in [2.45, 2.75) is 19.8 Å². The SMILES string of the molecule is CN(C(=O)C1CC1)c1ccccc1.COc1cnc(C)nc1Nc1n[nH]c2ccccc12. The van der Waals surface area contributed by atoms with E-state index in [1.165, 1.54) is 0 Å². The Kier molecular flexibility index (Phi) is 6.30. The molecule has 4 aromatic rings. The van der Waals surface area contributed by atoms with E-state index in [1.54, 1.807) is 18.2 Å². The molecule has 1 saturated carbocycles. The van der Waals surface area contributed by atoms with Gasteiger partial charge in [-0.25, -0.2) is 9.97 Å². The Bertz CT molecular complexity index is 1200. The largest absolute Gasteiger partial charge is 0.491 e. The van der Waals surface area contributed by atoms with Crippen LogP contribution in [0.1, 0.15) is 18.7 Å². The normalized spacial score (nSPS) is 12.6. The molecule has 0 aliphatic heterocycles. The molecule has 2 aromatic heterocycles. The van der Waals surface area contributed by atoms with Gasteiger partial charge in [-0.2, -0.15) is 5.10 Å². The van der Waals surface area contributed by atoms with Crippen LogP contribution in [0.5, 0.6) is 5.75 Å². The van der Waals surface area contributed by atoms with Crippen molar-refractivity contribution >= 4 is 34.1 Å². The van der Waals surface area contributed by atoms with Gasteiger partial charge in [0.2, 0.25) is 5.91 Å². The molecular weight excluding hydrogens is 404 g/mol. The topological polar surface area (TPSA) is 96.0 Å². The second-order valence-electron chi connectivity index (χ2n) is 7.58. The Balaban J connectivity index is 0.000000165. The first-order valence-corrected chi connectivity index (χ1v) is 10.5. The van der Waals surface area contributed by atoms with E-state index in [4.69, 9.17) is 4.74 Å². The van der Waals surface area contributed by atoms with Crippen molar-refractivity contribution in [3.63, 3.8) is 0 Å². The number of hydrogen-bond acceptors (Lipinski definition) is 6. The molecule has 8 nitrogen and oxygen atoms in total. The lowest BCUT2D eigenvalue weighted by atomic mass is 10.2. The summed E-state index contributed by atoms with van der Waals surface area (Å²) in [6.45, 7) is 1.83. The van der Waals surface area contributed by atoms with E-state index in [-0.39, 0.29) is 5.91 Å². The number of nitrogens with zero attached hydrogens (tertiary/aromatic N) is 4. The van der Waals surface area contributed by atoms with Crippen LogP contribution in [0.25, 0.3) is 10.9 Å². The Morgan fingerprint density at radius 1 is 1.09 bits per heavy atom. The molecule has 164 valence electrons. The number of carbonyl (C=O) groups excluding carboxylic acids is 1. The second-order valence-corrected chi connectivity index (χ2v) is 7.58. The third kappa shape index (κ3) is 4.85. The average molecular weight is 431 g/mol. The summed E-state index contributed by atoms with van der Waals surface area (Å²) >= 11 is 0. The summed E-state index contributed by atoms with van der Waals surface area (Å²) in [6, 6.07) is 17.7. The van der Waals surface area contributed by atoms with Gasteiger partial charge in [0.15, 0.2) is 17.4 Å². The molecular formula is C24H26N6O2. The number of aromatic amines is 1. The van der Waals surface area contributed by atoms with Crippen LogP contribution in [0.15, 0.2) is 60.8 Å². The number of aryl methyl sites for hydroxylation is 1. The molecule has 5 rings (SSSR count). The molecule has 2 heterocycles. The van der Waals surface area contributed by atoms with Gasteiger partial charge in [0.25, 0.3) is 0 Å². The van der Waals surface area contributed by atoms with Crippen molar-refractivity contribution < 1.29 is 9.53 Å². The highest BCUT2D eigenvalue weighted by atomic mass is 16.5. The molecule has 2 N–H and O–H groups in total. The molecule has 1 aliphatic rings. The number of rotatable bonds is 5. The van der Waals surface area contributed by atoms with Gasteiger partial charge in [0.05, 0.1) is 18.8 Å². The molecule has 8 heteroatoms. The molecule has 1 fully saturated rings. The molecule has 2 aromatic carbocycles.